The number of hydrogen-bond acceptors (Lipinski definition) is 4. The molecule has 0 bridgehead atoms. The van der Waals surface area contributed by atoms with Gasteiger partial charge in [-0.2, -0.15) is 10.2 Å². The number of aryl methyl sites for hydroxylation is 1. The number of fused-ring (bicyclic) bond motifs is 1. The smallest absolute Gasteiger partial charge is 0.235 e. The Hall–Kier alpha value is -1.76. The summed E-state index contributed by atoms with van der Waals surface area (Å²) in [5.41, 5.74) is 2.07. The molecule has 7 heteroatoms. The molecule has 2 aromatic rings. The summed E-state index contributed by atoms with van der Waals surface area (Å²) in [7, 11) is 1.88. The molecule has 3 rings (SSSR count). The van der Waals surface area contributed by atoms with Gasteiger partial charge < -0.3 is 5.32 Å². The molecule has 17 heavy (non-hydrogen) atoms. The predicted molar refractivity (Wildman–Crippen MR) is 64.7 cm³/mol. The first-order chi connectivity index (χ1) is 8.24. The highest BCUT2D eigenvalue weighted by molar-refractivity contribution is 8.00. The SMILES string of the molecule is Cn1cc([C@@H]2SCC(=O)Nc3[nH]ncc32)cn1. The molecule has 0 unspecified atom stereocenters. The van der Waals surface area contributed by atoms with E-state index in [1.807, 2.05) is 19.4 Å². The average Bonchev–Trinajstić information content (AvgIpc) is 2.87. The summed E-state index contributed by atoms with van der Waals surface area (Å²) in [6, 6.07) is 0. The highest BCUT2D eigenvalue weighted by Gasteiger charge is 2.26. The second kappa shape index (κ2) is 3.92. The number of nitrogens with one attached hydrogen (secondary N) is 2. The van der Waals surface area contributed by atoms with E-state index in [-0.39, 0.29) is 11.2 Å². The molecule has 6 nitrogen and oxygen atoms in total. The lowest BCUT2D eigenvalue weighted by molar-refractivity contribution is -0.113. The minimum Gasteiger partial charge on any atom is -0.310 e. The molecule has 2 N–H and O–H groups in total. The molecule has 3 heterocycles. The van der Waals surface area contributed by atoms with E-state index >= 15 is 0 Å². The summed E-state index contributed by atoms with van der Waals surface area (Å²) in [5, 5.41) is 13.9. The highest BCUT2D eigenvalue weighted by Crippen LogP contribution is 2.40. The molecule has 88 valence electrons. The van der Waals surface area contributed by atoms with Crippen molar-refractivity contribution in [3.05, 3.63) is 29.7 Å². The van der Waals surface area contributed by atoms with Crippen molar-refractivity contribution in [1.29, 1.82) is 0 Å². The lowest BCUT2D eigenvalue weighted by atomic mass is 10.1. The Bertz CT molecular complexity index is 561. The third-order valence-electron chi connectivity index (χ3n) is 2.62. The lowest BCUT2D eigenvalue weighted by Crippen LogP contribution is -2.12. The Labute approximate surface area is 102 Å². The molecule has 0 radical (unpaired) electrons. The molecule has 1 aliphatic rings. The van der Waals surface area contributed by atoms with Gasteiger partial charge in [-0.25, -0.2) is 0 Å². The zero-order chi connectivity index (χ0) is 11.8. The van der Waals surface area contributed by atoms with Gasteiger partial charge >= 0.3 is 0 Å². The van der Waals surface area contributed by atoms with Gasteiger partial charge in [0, 0.05) is 24.4 Å². The van der Waals surface area contributed by atoms with E-state index in [0.717, 1.165) is 11.1 Å². The van der Waals surface area contributed by atoms with Crippen LogP contribution in [0.1, 0.15) is 16.4 Å². The van der Waals surface area contributed by atoms with Crippen molar-refractivity contribution in [1.82, 2.24) is 20.0 Å². The molecule has 2 aromatic heterocycles. The molecule has 0 spiro atoms. The molecule has 0 fully saturated rings. The quantitative estimate of drug-likeness (QED) is 0.788. The molecule has 0 aromatic carbocycles. The number of hydrogen-bond donors (Lipinski definition) is 2. The van der Waals surface area contributed by atoms with E-state index in [4.69, 9.17) is 0 Å². The van der Waals surface area contributed by atoms with Crippen LogP contribution in [0, 0.1) is 0 Å². The first kappa shape index (κ1) is 10.4. The van der Waals surface area contributed by atoms with E-state index < -0.39 is 0 Å². The van der Waals surface area contributed by atoms with Crippen LogP contribution < -0.4 is 5.32 Å². The standard InChI is InChI=1S/C10H11N5OS/c1-15-4-6(2-12-15)9-7-3-11-14-10(7)13-8(16)5-17-9/h2-4,9H,5H2,1H3,(H2,11,13,14,16)/t9-/m0/s1. The van der Waals surface area contributed by atoms with Gasteiger partial charge in [0.05, 0.1) is 23.4 Å². The predicted octanol–water partition coefficient (Wildman–Crippen LogP) is 0.918. The molecule has 1 aliphatic heterocycles. The number of carbonyl (C=O) groups excluding carboxylic acids is 1. The number of nitrogens with zero attached hydrogens (tertiary/aromatic N) is 3. The molecule has 0 saturated heterocycles. The van der Waals surface area contributed by atoms with Gasteiger partial charge in [0.15, 0.2) is 0 Å². The fraction of sp³-hybridized carbons (Fsp3) is 0.300. The van der Waals surface area contributed by atoms with E-state index in [9.17, 15) is 4.79 Å². The zero-order valence-corrected chi connectivity index (χ0v) is 9.99. The van der Waals surface area contributed by atoms with Crippen LogP contribution in [-0.2, 0) is 11.8 Å². The van der Waals surface area contributed by atoms with Gasteiger partial charge in [0.2, 0.25) is 5.91 Å². The Morgan fingerprint density at radius 2 is 2.41 bits per heavy atom. The summed E-state index contributed by atoms with van der Waals surface area (Å²) < 4.78 is 1.76. The molecular formula is C10H11N5OS. The Balaban J connectivity index is 2.04. The van der Waals surface area contributed by atoms with Gasteiger partial charge in [0.25, 0.3) is 0 Å². The Morgan fingerprint density at radius 3 is 3.18 bits per heavy atom. The van der Waals surface area contributed by atoms with Gasteiger partial charge in [-0.05, 0) is 0 Å². The van der Waals surface area contributed by atoms with Crippen molar-refractivity contribution in [2.45, 2.75) is 5.25 Å². The van der Waals surface area contributed by atoms with Gasteiger partial charge in [0.1, 0.15) is 5.82 Å². The Morgan fingerprint density at radius 1 is 1.53 bits per heavy atom. The van der Waals surface area contributed by atoms with Crippen LogP contribution in [0.3, 0.4) is 0 Å². The minimum atomic E-state index is -0.00751. The van der Waals surface area contributed by atoms with Crippen molar-refractivity contribution >= 4 is 23.5 Å². The third-order valence-corrected chi connectivity index (χ3v) is 3.91. The van der Waals surface area contributed by atoms with Crippen molar-refractivity contribution in [3.63, 3.8) is 0 Å². The van der Waals surface area contributed by atoms with Gasteiger partial charge in [-0.1, -0.05) is 0 Å². The van der Waals surface area contributed by atoms with Crippen molar-refractivity contribution in [3.8, 4) is 0 Å². The topological polar surface area (TPSA) is 75.6 Å². The maximum atomic E-state index is 11.5. The fourth-order valence-electron chi connectivity index (χ4n) is 1.87. The lowest BCUT2D eigenvalue weighted by Gasteiger charge is -2.10. The third kappa shape index (κ3) is 1.82. The number of rotatable bonds is 1. The molecule has 0 saturated carbocycles. The van der Waals surface area contributed by atoms with E-state index in [1.165, 1.54) is 0 Å². The number of anilines is 1. The van der Waals surface area contributed by atoms with Crippen LogP contribution in [0.5, 0.6) is 0 Å². The zero-order valence-electron chi connectivity index (χ0n) is 9.17. The maximum absolute atomic E-state index is 11.5. The molecular weight excluding hydrogens is 238 g/mol. The normalized spacial score (nSPS) is 19.6. The molecule has 1 amide bonds. The van der Waals surface area contributed by atoms with E-state index in [2.05, 4.69) is 20.6 Å². The average molecular weight is 249 g/mol. The largest absolute Gasteiger partial charge is 0.310 e. The second-order valence-corrected chi connectivity index (χ2v) is 4.98. The summed E-state index contributed by atoms with van der Waals surface area (Å²) >= 11 is 1.58. The Kier molecular flexibility index (Phi) is 2.40. The van der Waals surface area contributed by atoms with Gasteiger partial charge in [-0.3, -0.25) is 14.6 Å². The summed E-state index contributed by atoms with van der Waals surface area (Å²) in [5.74, 6) is 1.11. The summed E-state index contributed by atoms with van der Waals surface area (Å²) in [6.07, 6.45) is 5.54. The summed E-state index contributed by atoms with van der Waals surface area (Å²) in [4.78, 5) is 11.5. The number of H-pyrrole nitrogens is 1. The van der Waals surface area contributed by atoms with Crippen LogP contribution in [0.2, 0.25) is 0 Å². The second-order valence-electron chi connectivity index (χ2n) is 3.89. The van der Waals surface area contributed by atoms with E-state index in [1.54, 1.807) is 22.6 Å². The van der Waals surface area contributed by atoms with Crippen molar-refractivity contribution in [2.75, 3.05) is 11.1 Å². The number of carbonyl (C=O) groups is 1. The molecule has 1 atom stereocenters. The van der Waals surface area contributed by atoms with Gasteiger partial charge in [-0.15, -0.1) is 11.8 Å². The van der Waals surface area contributed by atoms with Crippen LogP contribution in [0.25, 0.3) is 0 Å². The maximum Gasteiger partial charge on any atom is 0.235 e. The monoisotopic (exact) mass is 249 g/mol. The van der Waals surface area contributed by atoms with Crippen LogP contribution in [0.4, 0.5) is 5.82 Å². The number of thioether (sulfide) groups is 1. The fourth-order valence-corrected chi connectivity index (χ4v) is 2.93. The number of aromatic nitrogens is 4. The first-order valence-electron chi connectivity index (χ1n) is 5.17. The minimum absolute atomic E-state index is 0.00751. The van der Waals surface area contributed by atoms with Crippen LogP contribution >= 0.6 is 11.8 Å². The molecule has 0 aliphatic carbocycles. The summed E-state index contributed by atoms with van der Waals surface area (Å²) in [6.45, 7) is 0. The number of aromatic amines is 1. The van der Waals surface area contributed by atoms with Crippen LogP contribution in [0.15, 0.2) is 18.6 Å². The highest BCUT2D eigenvalue weighted by atomic mass is 32.2. The number of amides is 1. The first-order valence-corrected chi connectivity index (χ1v) is 6.22. The van der Waals surface area contributed by atoms with Crippen molar-refractivity contribution < 1.29 is 4.79 Å². The van der Waals surface area contributed by atoms with E-state index in [0.29, 0.717) is 11.6 Å². The van der Waals surface area contributed by atoms with Crippen LogP contribution in [-0.4, -0.2) is 31.6 Å². The van der Waals surface area contributed by atoms with Crippen molar-refractivity contribution in [2.24, 2.45) is 7.05 Å².